The lowest BCUT2D eigenvalue weighted by Crippen LogP contribution is -2.22. The summed E-state index contributed by atoms with van der Waals surface area (Å²) in [7, 11) is 0. The third-order valence-electron chi connectivity index (χ3n) is 4.19. The molecule has 0 spiro atoms. The first kappa shape index (κ1) is 17.8. The zero-order valence-electron chi connectivity index (χ0n) is 14.6. The summed E-state index contributed by atoms with van der Waals surface area (Å²) in [5.74, 6) is 1.25. The third kappa shape index (κ3) is 3.63. The van der Waals surface area contributed by atoms with Gasteiger partial charge in [0, 0.05) is 23.2 Å². The first-order chi connectivity index (χ1) is 13.2. The summed E-state index contributed by atoms with van der Waals surface area (Å²) in [5.41, 5.74) is 2.37. The normalized spacial score (nSPS) is 11.2. The number of aromatic nitrogens is 3. The molecule has 0 saturated carbocycles. The van der Waals surface area contributed by atoms with Crippen LogP contribution in [0.25, 0.3) is 22.2 Å². The van der Waals surface area contributed by atoms with Crippen molar-refractivity contribution in [1.29, 1.82) is 0 Å². The molecule has 136 valence electrons. The van der Waals surface area contributed by atoms with Crippen LogP contribution in [0.3, 0.4) is 0 Å². The van der Waals surface area contributed by atoms with Gasteiger partial charge in [-0.15, -0.1) is 0 Å². The van der Waals surface area contributed by atoms with Crippen molar-refractivity contribution in [2.75, 3.05) is 0 Å². The van der Waals surface area contributed by atoms with E-state index in [-0.39, 0.29) is 5.56 Å². The van der Waals surface area contributed by atoms with E-state index in [2.05, 4.69) is 10.1 Å². The molecule has 0 saturated heterocycles. The van der Waals surface area contributed by atoms with Crippen LogP contribution in [-0.4, -0.2) is 14.7 Å². The van der Waals surface area contributed by atoms with Crippen LogP contribution in [0.5, 0.6) is 0 Å². The highest BCUT2D eigenvalue weighted by Gasteiger charge is 2.12. The van der Waals surface area contributed by atoms with E-state index in [4.69, 9.17) is 16.1 Å². The average Bonchev–Trinajstić information content (AvgIpc) is 3.16. The van der Waals surface area contributed by atoms with E-state index in [1.165, 1.54) is 11.8 Å². The van der Waals surface area contributed by atoms with E-state index in [1.807, 2.05) is 55.5 Å². The fraction of sp³-hybridized carbons (Fsp3) is 0.150. The van der Waals surface area contributed by atoms with Gasteiger partial charge in [-0.05, 0) is 31.2 Å². The lowest BCUT2D eigenvalue weighted by atomic mass is 10.1. The van der Waals surface area contributed by atoms with Gasteiger partial charge in [-0.3, -0.25) is 9.36 Å². The highest BCUT2D eigenvalue weighted by atomic mass is 35.5. The molecule has 0 aliphatic heterocycles. The molecule has 0 unspecified atom stereocenters. The smallest absolute Gasteiger partial charge is 0.262 e. The Morgan fingerprint density at radius 2 is 1.93 bits per heavy atom. The highest BCUT2D eigenvalue weighted by Crippen LogP contribution is 2.26. The number of halogens is 1. The van der Waals surface area contributed by atoms with Crippen molar-refractivity contribution in [2.45, 2.75) is 24.4 Å². The molecule has 0 amide bonds. The predicted octanol–water partition coefficient (Wildman–Crippen LogP) is 5.02. The minimum atomic E-state index is -0.0231. The number of hydrogen-bond donors (Lipinski definition) is 0. The Morgan fingerprint density at radius 3 is 2.70 bits per heavy atom. The van der Waals surface area contributed by atoms with E-state index in [9.17, 15) is 4.79 Å². The standard InChI is InChI=1S/C20H16ClN3O2S/c1-2-24-19(25)16-5-3-4-6-17(16)22-20(24)27-12-15-11-18(23-26-15)13-7-9-14(21)10-8-13/h3-11H,2,12H2,1H3. The number of hydrogen-bond acceptors (Lipinski definition) is 5. The third-order valence-corrected chi connectivity index (χ3v) is 5.44. The summed E-state index contributed by atoms with van der Waals surface area (Å²) in [6.45, 7) is 2.50. The van der Waals surface area contributed by atoms with Crippen molar-refractivity contribution in [2.24, 2.45) is 0 Å². The Morgan fingerprint density at radius 1 is 1.15 bits per heavy atom. The average molecular weight is 398 g/mol. The molecule has 27 heavy (non-hydrogen) atoms. The molecule has 4 aromatic rings. The van der Waals surface area contributed by atoms with Crippen LogP contribution in [0.2, 0.25) is 5.02 Å². The largest absolute Gasteiger partial charge is 0.360 e. The summed E-state index contributed by atoms with van der Waals surface area (Å²) in [4.78, 5) is 17.3. The van der Waals surface area contributed by atoms with Gasteiger partial charge in [0.1, 0.15) is 11.5 Å². The quantitative estimate of drug-likeness (QED) is 0.349. The van der Waals surface area contributed by atoms with E-state index in [0.29, 0.717) is 33.4 Å². The van der Waals surface area contributed by atoms with Crippen LogP contribution in [0.1, 0.15) is 12.7 Å². The number of thioether (sulfide) groups is 1. The zero-order valence-corrected chi connectivity index (χ0v) is 16.1. The van der Waals surface area contributed by atoms with Crippen molar-refractivity contribution in [1.82, 2.24) is 14.7 Å². The number of fused-ring (bicyclic) bond motifs is 1. The summed E-state index contributed by atoms with van der Waals surface area (Å²) in [6.07, 6.45) is 0. The van der Waals surface area contributed by atoms with E-state index in [1.54, 1.807) is 10.6 Å². The molecule has 4 rings (SSSR count). The van der Waals surface area contributed by atoms with Crippen LogP contribution in [-0.2, 0) is 12.3 Å². The van der Waals surface area contributed by atoms with Crippen LogP contribution >= 0.6 is 23.4 Å². The van der Waals surface area contributed by atoms with Crippen molar-refractivity contribution >= 4 is 34.3 Å². The van der Waals surface area contributed by atoms with Crippen molar-refractivity contribution < 1.29 is 4.52 Å². The maximum atomic E-state index is 12.7. The van der Waals surface area contributed by atoms with Crippen molar-refractivity contribution in [3.05, 3.63) is 75.7 Å². The molecule has 0 atom stereocenters. The molecule has 0 bridgehead atoms. The second-order valence-electron chi connectivity index (χ2n) is 5.93. The molecule has 5 nitrogen and oxygen atoms in total. The minimum absolute atomic E-state index is 0.0231. The van der Waals surface area contributed by atoms with E-state index < -0.39 is 0 Å². The van der Waals surface area contributed by atoms with Gasteiger partial charge in [0.15, 0.2) is 5.16 Å². The molecule has 0 fully saturated rings. The van der Waals surface area contributed by atoms with Gasteiger partial charge in [0.2, 0.25) is 0 Å². The van der Waals surface area contributed by atoms with Gasteiger partial charge in [0.25, 0.3) is 5.56 Å². The Kier molecular flexibility index (Phi) is 5.01. The van der Waals surface area contributed by atoms with Crippen LogP contribution in [0, 0.1) is 0 Å². The second kappa shape index (κ2) is 7.58. The molecular formula is C20H16ClN3O2S. The highest BCUT2D eigenvalue weighted by molar-refractivity contribution is 7.98. The summed E-state index contributed by atoms with van der Waals surface area (Å²) >= 11 is 7.38. The lowest BCUT2D eigenvalue weighted by molar-refractivity contribution is 0.397. The fourth-order valence-electron chi connectivity index (χ4n) is 2.81. The van der Waals surface area contributed by atoms with Gasteiger partial charge in [-0.1, -0.05) is 52.8 Å². The molecule has 0 aliphatic carbocycles. The van der Waals surface area contributed by atoms with Crippen LogP contribution in [0.4, 0.5) is 0 Å². The molecule has 7 heteroatoms. The summed E-state index contributed by atoms with van der Waals surface area (Å²) < 4.78 is 7.13. The summed E-state index contributed by atoms with van der Waals surface area (Å²) in [5, 5.41) is 6.10. The monoisotopic (exact) mass is 397 g/mol. The Balaban J connectivity index is 1.59. The Bertz CT molecular complexity index is 1150. The minimum Gasteiger partial charge on any atom is -0.360 e. The summed E-state index contributed by atoms with van der Waals surface area (Å²) in [6, 6.07) is 16.7. The molecule has 2 aromatic carbocycles. The zero-order chi connectivity index (χ0) is 18.8. The molecule has 0 radical (unpaired) electrons. The molecule has 0 N–H and O–H groups in total. The maximum Gasteiger partial charge on any atom is 0.262 e. The number of nitrogens with zero attached hydrogens (tertiary/aromatic N) is 3. The molecule has 0 aliphatic rings. The number of rotatable bonds is 5. The SMILES string of the molecule is CCn1c(SCc2cc(-c3ccc(Cl)cc3)no2)nc2ccccc2c1=O. The molecule has 2 heterocycles. The lowest BCUT2D eigenvalue weighted by Gasteiger charge is -2.10. The van der Waals surface area contributed by atoms with Gasteiger partial charge >= 0.3 is 0 Å². The molecular weight excluding hydrogens is 382 g/mol. The van der Waals surface area contributed by atoms with Gasteiger partial charge in [-0.25, -0.2) is 4.98 Å². The topological polar surface area (TPSA) is 60.9 Å². The Labute approximate surface area is 165 Å². The Hall–Kier alpha value is -2.57. The second-order valence-corrected chi connectivity index (χ2v) is 7.31. The van der Waals surface area contributed by atoms with E-state index in [0.717, 1.165) is 17.0 Å². The number of benzene rings is 2. The maximum absolute atomic E-state index is 12.7. The van der Waals surface area contributed by atoms with E-state index >= 15 is 0 Å². The van der Waals surface area contributed by atoms with Gasteiger partial charge < -0.3 is 4.52 Å². The number of para-hydroxylation sites is 1. The molecule has 2 aromatic heterocycles. The van der Waals surface area contributed by atoms with Gasteiger partial charge in [0.05, 0.1) is 16.7 Å². The first-order valence-corrected chi connectivity index (χ1v) is 9.86. The van der Waals surface area contributed by atoms with Crippen LogP contribution in [0.15, 0.2) is 69.1 Å². The predicted molar refractivity (Wildman–Crippen MR) is 108 cm³/mol. The van der Waals surface area contributed by atoms with Crippen molar-refractivity contribution in [3.8, 4) is 11.3 Å². The van der Waals surface area contributed by atoms with Crippen molar-refractivity contribution in [3.63, 3.8) is 0 Å². The van der Waals surface area contributed by atoms with Crippen LogP contribution < -0.4 is 5.56 Å². The fourth-order valence-corrected chi connectivity index (χ4v) is 3.87. The first-order valence-electron chi connectivity index (χ1n) is 8.49. The van der Waals surface area contributed by atoms with Gasteiger partial charge in [-0.2, -0.15) is 0 Å².